The number of nitrogens with one attached hydrogen (secondary N) is 1. The van der Waals surface area contributed by atoms with E-state index < -0.39 is 11.6 Å². The van der Waals surface area contributed by atoms with Gasteiger partial charge in [-0.25, -0.2) is 9.78 Å². The average Bonchev–Trinajstić information content (AvgIpc) is 3.22. The first kappa shape index (κ1) is 18.9. The molecule has 3 aromatic rings. The van der Waals surface area contributed by atoms with Crippen molar-refractivity contribution in [3.8, 4) is 10.6 Å². The molecule has 1 atom stereocenters. The molecule has 1 aromatic heterocycles. The molecule has 1 N–H and O–H groups in total. The van der Waals surface area contributed by atoms with Crippen molar-refractivity contribution in [2.75, 3.05) is 0 Å². The van der Waals surface area contributed by atoms with E-state index in [-0.39, 0.29) is 12.5 Å². The number of carbonyl (C=O) groups is 2. The number of carbonyl (C=O) groups excluding carboxylic acids is 2. The summed E-state index contributed by atoms with van der Waals surface area (Å²) in [6, 6.07) is 13.8. The molecule has 5 nitrogen and oxygen atoms in total. The summed E-state index contributed by atoms with van der Waals surface area (Å²) in [7, 11) is 0. The van der Waals surface area contributed by atoms with Crippen molar-refractivity contribution in [3.63, 3.8) is 0 Å². The van der Waals surface area contributed by atoms with E-state index in [2.05, 4.69) is 10.3 Å². The number of hydrogen-bond donors (Lipinski definition) is 1. The zero-order chi connectivity index (χ0) is 19.9. The molecule has 1 fully saturated rings. The topological polar surface area (TPSA) is 62.3 Å². The third-order valence-corrected chi connectivity index (χ3v) is 6.18. The van der Waals surface area contributed by atoms with Gasteiger partial charge in [0.1, 0.15) is 10.5 Å². The number of halogens is 2. The molecule has 8 heteroatoms. The summed E-state index contributed by atoms with van der Waals surface area (Å²) in [6.45, 7) is 1.78. The fourth-order valence-corrected chi connectivity index (χ4v) is 4.38. The average molecular weight is 432 g/mol. The van der Waals surface area contributed by atoms with Gasteiger partial charge in [0.15, 0.2) is 0 Å². The second-order valence-corrected chi connectivity index (χ2v) is 8.28. The van der Waals surface area contributed by atoms with E-state index in [1.54, 1.807) is 37.3 Å². The first-order valence-corrected chi connectivity index (χ1v) is 10.1. The summed E-state index contributed by atoms with van der Waals surface area (Å²) in [6.07, 6.45) is 0. The van der Waals surface area contributed by atoms with Crippen LogP contribution in [-0.4, -0.2) is 21.8 Å². The molecule has 2 aromatic carbocycles. The molecular weight excluding hydrogens is 417 g/mol. The van der Waals surface area contributed by atoms with Crippen LogP contribution in [0.1, 0.15) is 18.2 Å². The van der Waals surface area contributed by atoms with Crippen molar-refractivity contribution in [3.05, 3.63) is 75.2 Å². The van der Waals surface area contributed by atoms with Crippen molar-refractivity contribution >= 4 is 46.5 Å². The van der Waals surface area contributed by atoms with Crippen molar-refractivity contribution in [2.24, 2.45) is 0 Å². The Labute approximate surface area is 175 Å². The third kappa shape index (κ3) is 3.28. The van der Waals surface area contributed by atoms with E-state index in [9.17, 15) is 9.59 Å². The number of rotatable bonds is 4. The monoisotopic (exact) mass is 431 g/mol. The van der Waals surface area contributed by atoms with Gasteiger partial charge in [-0.1, -0.05) is 53.5 Å². The highest BCUT2D eigenvalue weighted by Gasteiger charge is 2.49. The SMILES string of the molecule is CC1(c2ccc(Cl)cc2)NC(=O)N(Cc2csc(-c3ccccc3Cl)n2)C1=O. The van der Waals surface area contributed by atoms with E-state index in [4.69, 9.17) is 23.2 Å². The maximum absolute atomic E-state index is 13.0. The molecule has 0 saturated carbocycles. The summed E-state index contributed by atoms with van der Waals surface area (Å²) in [4.78, 5) is 31.2. The molecule has 1 saturated heterocycles. The van der Waals surface area contributed by atoms with Crippen LogP contribution >= 0.6 is 34.5 Å². The minimum Gasteiger partial charge on any atom is -0.319 e. The van der Waals surface area contributed by atoms with Crippen LogP contribution in [0.3, 0.4) is 0 Å². The zero-order valence-corrected chi connectivity index (χ0v) is 17.1. The van der Waals surface area contributed by atoms with Gasteiger partial charge in [0.2, 0.25) is 0 Å². The van der Waals surface area contributed by atoms with Gasteiger partial charge in [0.05, 0.1) is 17.3 Å². The lowest BCUT2D eigenvalue weighted by molar-refractivity contribution is -0.131. The minimum absolute atomic E-state index is 0.0921. The molecule has 1 aliphatic heterocycles. The van der Waals surface area contributed by atoms with Crippen LogP contribution in [0, 0.1) is 0 Å². The maximum atomic E-state index is 13.0. The summed E-state index contributed by atoms with van der Waals surface area (Å²) in [5.74, 6) is -0.327. The normalized spacial score (nSPS) is 19.2. The summed E-state index contributed by atoms with van der Waals surface area (Å²) in [5.41, 5.74) is 0.990. The Morgan fingerprint density at radius 3 is 2.54 bits per heavy atom. The maximum Gasteiger partial charge on any atom is 0.325 e. The molecule has 0 spiro atoms. The largest absolute Gasteiger partial charge is 0.325 e. The Bertz CT molecular complexity index is 1070. The van der Waals surface area contributed by atoms with Gasteiger partial charge >= 0.3 is 6.03 Å². The number of nitrogens with zero attached hydrogens (tertiary/aromatic N) is 2. The van der Waals surface area contributed by atoms with Gasteiger partial charge in [0.25, 0.3) is 5.91 Å². The van der Waals surface area contributed by atoms with Crippen LogP contribution in [0.15, 0.2) is 53.9 Å². The van der Waals surface area contributed by atoms with Crippen molar-refractivity contribution in [1.29, 1.82) is 0 Å². The Hall–Kier alpha value is -2.41. The van der Waals surface area contributed by atoms with Gasteiger partial charge in [-0.15, -0.1) is 11.3 Å². The van der Waals surface area contributed by atoms with Crippen LogP contribution in [0.4, 0.5) is 4.79 Å². The lowest BCUT2D eigenvalue weighted by Gasteiger charge is -2.22. The standard InChI is InChI=1S/C20H15Cl2N3O2S/c1-20(12-6-8-13(21)9-7-12)18(26)25(19(27)24-20)10-14-11-28-17(23-14)15-4-2-3-5-16(15)22/h2-9,11H,10H2,1H3,(H,24,27). The van der Waals surface area contributed by atoms with E-state index in [0.717, 1.165) is 10.6 Å². The molecule has 0 radical (unpaired) electrons. The van der Waals surface area contributed by atoms with Crippen LogP contribution in [0.5, 0.6) is 0 Å². The lowest BCUT2D eigenvalue weighted by Crippen LogP contribution is -2.40. The van der Waals surface area contributed by atoms with Crippen LogP contribution in [-0.2, 0) is 16.9 Å². The number of benzene rings is 2. The second kappa shape index (κ2) is 7.20. The molecule has 0 aliphatic carbocycles. The molecule has 2 heterocycles. The van der Waals surface area contributed by atoms with E-state index in [1.165, 1.54) is 16.2 Å². The molecule has 28 heavy (non-hydrogen) atoms. The van der Waals surface area contributed by atoms with Gasteiger partial charge in [-0.3, -0.25) is 9.69 Å². The van der Waals surface area contributed by atoms with Gasteiger partial charge in [-0.05, 0) is 30.7 Å². The molecule has 3 amide bonds. The molecule has 0 bridgehead atoms. The highest BCUT2D eigenvalue weighted by Crippen LogP contribution is 2.33. The van der Waals surface area contributed by atoms with E-state index >= 15 is 0 Å². The first-order valence-electron chi connectivity index (χ1n) is 8.48. The first-order chi connectivity index (χ1) is 13.4. The Balaban J connectivity index is 1.58. The summed E-state index contributed by atoms with van der Waals surface area (Å²) in [5, 5.41) is 6.53. The second-order valence-electron chi connectivity index (χ2n) is 6.58. The molecule has 4 rings (SSSR count). The Morgan fingerprint density at radius 1 is 1.11 bits per heavy atom. The molecule has 142 valence electrons. The number of amides is 3. The highest BCUT2D eigenvalue weighted by molar-refractivity contribution is 7.13. The Morgan fingerprint density at radius 2 is 1.82 bits per heavy atom. The highest BCUT2D eigenvalue weighted by atomic mass is 35.5. The predicted molar refractivity (Wildman–Crippen MR) is 110 cm³/mol. The quantitative estimate of drug-likeness (QED) is 0.585. The van der Waals surface area contributed by atoms with Crippen molar-refractivity contribution < 1.29 is 9.59 Å². The van der Waals surface area contributed by atoms with E-state index in [0.29, 0.717) is 21.3 Å². The number of urea groups is 1. The van der Waals surface area contributed by atoms with Gasteiger partial charge in [0, 0.05) is 16.0 Å². The molecule has 1 aliphatic rings. The summed E-state index contributed by atoms with van der Waals surface area (Å²) >= 11 is 13.6. The molecular formula is C20H15Cl2N3O2S. The van der Waals surface area contributed by atoms with Gasteiger partial charge < -0.3 is 5.32 Å². The minimum atomic E-state index is -1.14. The predicted octanol–water partition coefficient (Wildman–Crippen LogP) is 5.08. The Kier molecular flexibility index (Phi) is 4.87. The van der Waals surface area contributed by atoms with Crippen molar-refractivity contribution in [1.82, 2.24) is 15.2 Å². The summed E-state index contributed by atoms with van der Waals surface area (Å²) < 4.78 is 0. The molecule has 1 unspecified atom stereocenters. The number of imide groups is 1. The zero-order valence-electron chi connectivity index (χ0n) is 14.8. The fraction of sp³-hybridized carbons (Fsp3) is 0.150. The lowest BCUT2D eigenvalue weighted by atomic mass is 9.92. The van der Waals surface area contributed by atoms with Gasteiger partial charge in [-0.2, -0.15) is 0 Å². The van der Waals surface area contributed by atoms with Crippen LogP contribution in [0.2, 0.25) is 10.0 Å². The van der Waals surface area contributed by atoms with Crippen molar-refractivity contribution in [2.45, 2.75) is 19.0 Å². The fourth-order valence-electron chi connectivity index (χ4n) is 3.12. The third-order valence-electron chi connectivity index (χ3n) is 4.67. The van der Waals surface area contributed by atoms with Crippen LogP contribution in [0.25, 0.3) is 10.6 Å². The number of aromatic nitrogens is 1. The van der Waals surface area contributed by atoms with Crippen LogP contribution < -0.4 is 5.32 Å². The smallest absolute Gasteiger partial charge is 0.319 e. The number of thiazole rings is 1. The van der Waals surface area contributed by atoms with E-state index in [1.807, 2.05) is 23.6 Å². The number of hydrogen-bond acceptors (Lipinski definition) is 4.